The van der Waals surface area contributed by atoms with Gasteiger partial charge in [0.05, 0.1) is 0 Å². The topological polar surface area (TPSA) is 29.5 Å². The summed E-state index contributed by atoms with van der Waals surface area (Å²) >= 11 is 0. The summed E-state index contributed by atoms with van der Waals surface area (Å²) in [5.41, 5.74) is 2.59. The average molecular weight is 236 g/mol. The zero-order valence-corrected chi connectivity index (χ0v) is 11.4. The molecule has 0 amide bonds. The van der Waals surface area contributed by atoms with Gasteiger partial charge in [-0.05, 0) is 44.1 Å². The van der Waals surface area contributed by atoms with Gasteiger partial charge in [-0.15, -0.1) is 0 Å². The fourth-order valence-corrected chi connectivity index (χ4v) is 1.87. The molecule has 0 spiro atoms. The molecule has 2 heteroatoms. The van der Waals surface area contributed by atoms with Crippen LogP contribution in [0.2, 0.25) is 0 Å². The van der Waals surface area contributed by atoms with E-state index in [0.717, 1.165) is 24.8 Å². The molecule has 1 atom stereocenters. The van der Waals surface area contributed by atoms with Gasteiger partial charge in [-0.3, -0.25) is 5.26 Å². The minimum absolute atomic E-state index is 0.0999. The summed E-state index contributed by atoms with van der Waals surface area (Å²) in [6.45, 7) is 8.56. The standard InChI is InChI=1S/C15H24O2/c1-12-6-5-7-13(2)14(17-16)9-11-15(3,4)10-8-12/h7-9,11,14,16H,5-6,10H2,1-4H3/b11-9+,12-8+,13-7+. The molecule has 0 heterocycles. The second-order valence-corrected chi connectivity index (χ2v) is 5.62. The second-order valence-electron chi connectivity index (χ2n) is 5.62. The van der Waals surface area contributed by atoms with Crippen molar-refractivity contribution in [3.63, 3.8) is 0 Å². The van der Waals surface area contributed by atoms with Crippen LogP contribution in [0.5, 0.6) is 0 Å². The van der Waals surface area contributed by atoms with E-state index >= 15 is 0 Å². The SMILES string of the molecule is C/C1=C\CC(C)(C)/C=C/C(OO)/C(C)=C/CC1. The van der Waals surface area contributed by atoms with E-state index < -0.39 is 0 Å². The molecular weight excluding hydrogens is 212 g/mol. The van der Waals surface area contributed by atoms with Gasteiger partial charge in [-0.2, -0.15) is 0 Å². The van der Waals surface area contributed by atoms with Gasteiger partial charge < -0.3 is 0 Å². The molecule has 0 aliphatic heterocycles. The number of hydrogen-bond acceptors (Lipinski definition) is 2. The lowest BCUT2D eigenvalue weighted by atomic mass is 9.87. The first kappa shape index (κ1) is 14.2. The lowest BCUT2D eigenvalue weighted by Crippen LogP contribution is -2.12. The second kappa shape index (κ2) is 6.18. The maximum absolute atomic E-state index is 8.93. The first-order valence-electron chi connectivity index (χ1n) is 6.26. The van der Waals surface area contributed by atoms with Crippen LogP contribution in [-0.2, 0) is 4.89 Å². The van der Waals surface area contributed by atoms with E-state index in [2.05, 4.69) is 43.9 Å². The van der Waals surface area contributed by atoms with Crippen LogP contribution in [0.1, 0.15) is 47.0 Å². The largest absolute Gasteiger partial charge is 0.251 e. The lowest BCUT2D eigenvalue weighted by molar-refractivity contribution is -0.256. The molecule has 17 heavy (non-hydrogen) atoms. The molecule has 1 aliphatic rings. The molecule has 0 aromatic carbocycles. The van der Waals surface area contributed by atoms with Crippen LogP contribution in [0, 0.1) is 5.41 Å². The van der Waals surface area contributed by atoms with Crippen LogP contribution in [0.3, 0.4) is 0 Å². The Morgan fingerprint density at radius 1 is 1.29 bits per heavy atom. The van der Waals surface area contributed by atoms with Crippen molar-refractivity contribution in [2.45, 2.75) is 53.1 Å². The predicted molar refractivity (Wildman–Crippen MR) is 71.8 cm³/mol. The van der Waals surface area contributed by atoms with Gasteiger partial charge >= 0.3 is 0 Å². The number of hydrogen-bond donors (Lipinski definition) is 1. The smallest absolute Gasteiger partial charge is 0.132 e. The summed E-state index contributed by atoms with van der Waals surface area (Å²) < 4.78 is 0. The molecule has 0 aromatic heterocycles. The summed E-state index contributed by atoms with van der Waals surface area (Å²) in [7, 11) is 0. The molecule has 0 fully saturated rings. The minimum atomic E-state index is -0.312. The van der Waals surface area contributed by atoms with Crippen molar-refractivity contribution in [1.29, 1.82) is 0 Å². The van der Waals surface area contributed by atoms with Gasteiger partial charge in [0.25, 0.3) is 0 Å². The van der Waals surface area contributed by atoms with Gasteiger partial charge in [0.15, 0.2) is 0 Å². The molecule has 1 aliphatic carbocycles. The van der Waals surface area contributed by atoms with E-state index in [1.807, 2.05) is 13.0 Å². The van der Waals surface area contributed by atoms with Gasteiger partial charge in [-0.25, -0.2) is 4.89 Å². The first-order chi connectivity index (χ1) is 7.94. The monoisotopic (exact) mass is 236 g/mol. The number of allylic oxidation sites excluding steroid dienone is 4. The molecule has 96 valence electrons. The fraction of sp³-hybridized carbons (Fsp3) is 0.600. The van der Waals surface area contributed by atoms with E-state index in [1.54, 1.807) is 0 Å². The van der Waals surface area contributed by atoms with Crippen molar-refractivity contribution in [2.75, 3.05) is 0 Å². The first-order valence-corrected chi connectivity index (χ1v) is 6.26. The van der Waals surface area contributed by atoms with E-state index in [9.17, 15) is 0 Å². The van der Waals surface area contributed by atoms with Crippen LogP contribution >= 0.6 is 0 Å². The number of rotatable bonds is 1. The Kier molecular flexibility index (Phi) is 5.16. The highest BCUT2D eigenvalue weighted by atomic mass is 17.1. The van der Waals surface area contributed by atoms with E-state index in [-0.39, 0.29) is 11.5 Å². The molecule has 1 rings (SSSR count). The normalized spacial score (nSPS) is 33.8. The third kappa shape index (κ3) is 4.88. The van der Waals surface area contributed by atoms with Gasteiger partial charge in [-0.1, -0.05) is 43.7 Å². The Hall–Kier alpha value is -0.860. The van der Waals surface area contributed by atoms with Crippen molar-refractivity contribution in [3.8, 4) is 0 Å². The van der Waals surface area contributed by atoms with Gasteiger partial charge in [0.1, 0.15) is 6.10 Å². The van der Waals surface area contributed by atoms with Crippen molar-refractivity contribution >= 4 is 0 Å². The predicted octanol–water partition coefficient (Wildman–Crippen LogP) is 4.50. The summed E-state index contributed by atoms with van der Waals surface area (Å²) in [5, 5.41) is 8.93. The molecule has 2 nitrogen and oxygen atoms in total. The van der Waals surface area contributed by atoms with Crippen molar-refractivity contribution in [3.05, 3.63) is 35.5 Å². The van der Waals surface area contributed by atoms with E-state index in [0.29, 0.717) is 0 Å². The molecule has 0 saturated heterocycles. The lowest BCUT2D eigenvalue weighted by Gasteiger charge is -2.19. The maximum Gasteiger partial charge on any atom is 0.132 e. The van der Waals surface area contributed by atoms with Crippen molar-refractivity contribution < 1.29 is 10.1 Å². The Morgan fingerprint density at radius 2 is 2.00 bits per heavy atom. The van der Waals surface area contributed by atoms with E-state index in [1.165, 1.54) is 5.57 Å². The highest BCUT2D eigenvalue weighted by Gasteiger charge is 2.15. The van der Waals surface area contributed by atoms with Gasteiger partial charge in [0.2, 0.25) is 0 Å². The highest BCUT2D eigenvalue weighted by molar-refractivity contribution is 5.17. The zero-order valence-electron chi connectivity index (χ0n) is 11.4. The molecule has 0 radical (unpaired) electrons. The Labute approximate surface area is 105 Å². The Morgan fingerprint density at radius 3 is 2.65 bits per heavy atom. The third-order valence-electron chi connectivity index (χ3n) is 3.27. The average Bonchev–Trinajstić information content (AvgIpc) is 2.28. The maximum atomic E-state index is 8.93. The van der Waals surface area contributed by atoms with Crippen molar-refractivity contribution in [2.24, 2.45) is 5.41 Å². The Balaban J connectivity index is 2.95. The Bertz CT molecular complexity index is 335. The molecule has 0 saturated carbocycles. The van der Waals surface area contributed by atoms with Crippen LogP contribution in [0.25, 0.3) is 0 Å². The van der Waals surface area contributed by atoms with Crippen LogP contribution in [0.4, 0.5) is 0 Å². The third-order valence-corrected chi connectivity index (χ3v) is 3.27. The fourth-order valence-electron chi connectivity index (χ4n) is 1.87. The summed E-state index contributed by atoms with van der Waals surface area (Å²) in [6.07, 6.45) is 11.3. The summed E-state index contributed by atoms with van der Waals surface area (Å²) in [4.78, 5) is 4.52. The molecule has 1 unspecified atom stereocenters. The minimum Gasteiger partial charge on any atom is -0.251 e. The van der Waals surface area contributed by atoms with Crippen LogP contribution < -0.4 is 0 Å². The van der Waals surface area contributed by atoms with E-state index in [4.69, 9.17) is 5.26 Å². The molecule has 0 aromatic rings. The van der Waals surface area contributed by atoms with Gasteiger partial charge in [0, 0.05) is 0 Å². The van der Waals surface area contributed by atoms with Crippen LogP contribution in [0.15, 0.2) is 35.5 Å². The zero-order chi connectivity index (χ0) is 12.9. The quantitative estimate of drug-likeness (QED) is 0.412. The molecular formula is C15H24O2. The summed E-state index contributed by atoms with van der Waals surface area (Å²) in [6, 6.07) is 0. The molecule has 0 bridgehead atoms. The summed E-state index contributed by atoms with van der Waals surface area (Å²) in [5.74, 6) is 0. The van der Waals surface area contributed by atoms with Crippen molar-refractivity contribution in [1.82, 2.24) is 0 Å². The highest BCUT2D eigenvalue weighted by Crippen LogP contribution is 2.26. The molecule has 1 N–H and O–H groups in total. The van der Waals surface area contributed by atoms with Crippen LogP contribution in [-0.4, -0.2) is 11.4 Å².